The summed E-state index contributed by atoms with van der Waals surface area (Å²) in [6.07, 6.45) is 7.87. The van der Waals surface area contributed by atoms with Gasteiger partial charge in [0, 0.05) is 24.8 Å². The summed E-state index contributed by atoms with van der Waals surface area (Å²) in [4.78, 5) is 19.1. The van der Waals surface area contributed by atoms with Crippen LogP contribution >= 0.6 is 0 Å². The van der Waals surface area contributed by atoms with Gasteiger partial charge in [0.05, 0.1) is 12.7 Å². The molecule has 7 nitrogen and oxygen atoms in total. The number of ether oxygens (including phenoxy) is 1. The normalized spacial score (nSPS) is 16.9. The first-order valence-corrected chi connectivity index (χ1v) is 9.55. The highest BCUT2D eigenvalue weighted by Crippen LogP contribution is 2.16. The van der Waals surface area contributed by atoms with Crippen molar-refractivity contribution in [1.29, 1.82) is 0 Å². The lowest BCUT2D eigenvalue weighted by molar-refractivity contribution is -0.0255. The van der Waals surface area contributed by atoms with E-state index in [1.807, 2.05) is 11.0 Å². The predicted molar refractivity (Wildman–Crippen MR) is 104 cm³/mol. The van der Waals surface area contributed by atoms with Gasteiger partial charge in [0.15, 0.2) is 0 Å². The molecule has 1 atom stereocenters. The number of carbonyl (C=O) groups is 1. The second-order valence-electron chi connectivity index (χ2n) is 6.89. The first-order valence-electron chi connectivity index (χ1n) is 9.55. The highest BCUT2D eigenvalue weighted by Gasteiger charge is 2.25. The molecule has 0 unspecified atom stereocenters. The fraction of sp³-hybridized carbons (Fsp3) is 0.333. The molecule has 1 saturated heterocycles. The molecule has 1 aromatic carbocycles. The Bertz CT molecular complexity index is 898. The van der Waals surface area contributed by atoms with E-state index in [9.17, 15) is 4.79 Å². The van der Waals surface area contributed by atoms with Crippen LogP contribution in [0.4, 0.5) is 0 Å². The summed E-state index contributed by atoms with van der Waals surface area (Å²) in [6.45, 7) is 1.81. The third-order valence-corrected chi connectivity index (χ3v) is 4.94. The van der Waals surface area contributed by atoms with Crippen molar-refractivity contribution in [2.45, 2.75) is 25.4 Å². The third kappa shape index (κ3) is 4.43. The van der Waals surface area contributed by atoms with E-state index in [-0.39, 0.29) is 12.0 Å². The first-order chi connectivity index (χ1) is 13.8. The van der Waals surface area contributed by atoms with Gasteiger partial charge in [-0.15, -0.1) is 10.2 Å². The molecule has 0 spiro atoms. The Labute approximate surface area is 164 Å². The quantitative estimate of drug-likeness (QED) is 0.660. The molecule has 4 rings (SSSR count). The van der Waals surface area contributed by atoms with Crippen LogP contribution in [-0.4, -0.2) is 56.4 Å². The molecule has 3 aromatic rings. The number of benzene rings is 1. The Morgan fingerprint density at radius 2 is 1.96 bits per heavy atom. The van der Waals surface area contributed by atoms with Gasteiger partial charge in [-0.2, -0.15) is 0 Å². The van der Waals surface area contributed by atoms with Gasteiger partial charge in [-0.25, -0.2) is 4.98 Å². The summed E-state index contributed by atoms with van der Waals surface area (Å²) in [5, 5.41) is 7.57. The average Bonchev–Trinajstić information content (AvgIpc) is 3.29. The lowest BCUT2D eigenvalue weighted by Gasteiger charge is -2.33. The molecule has 144 valence electrons. The van der Waals surface area contributed by atoms with Crippen LogP contribution in [0.1, 0.15) is 28.8 Å². The minimum Gasteiger partial charge on any atom is -0.375 e. The molecular formula is C21H23N5O2. The molecular weight excluding hydrogens is 354 g/mol. The van der Waals surface area contributed by atoms with Crippen molar-refractivity contribution in [3.8, 4) is 5.82 Å². The molecule has 0 radical (unpaired) electrons. The van der Waals surface area contributed by atoms with Crippen LogP contribution in [-0.2, 0) is 11.2 Å². The molecule has 2 aromatic heterocycles. The van der Waals surface area contributed by atoms with Crippen LogP contribution in [0.2, 0.25) is 0 Å². The predicted octanol–water partition coefficient (Wildman–Crippen LogP) is 2.53. The zero-order valence-electron chi connectivity index (χ0n) is 15.6. The summed E-state index contributed by atoms with van der Waals surface area (Å²) in [5.41, 5.74) is 1.95. The fourth-order valence-corrected chi connectivity index (χ4v) is 3.45. The van der Waals surface area contributed by atoms with Gasteiger partial charge < -0.3 is 9.64 Å². The van der Waals surface area contributed by atoms with E-state index in [4.69, 9.17) is 4.74 Å². The lowest BCUT2D eigenvalue weighted by atomic mass is 10.0. The van der Waals surface area contributed by atoms with Crippen LogP contribution in [0, 0.1) is 0 Å². The summed E-state index contributed by atoms with van der Waals surface area (Å²) >= 11 is 0. The van der Waals surface area contributed by atoms with Crippen LogP contribution in [0.3, 0.4) is 0 Å². The zero-order chi connectivity index (χ0) is 19.2. The summed E-state index contributed by atoms with van der Waals surface area (Å²) in [7, 11) is 0. The van der Waals surface area contributed by atoms with Crippen LogP contribution in [0.15, 0.2) is 61.3 Å². The van der Waals surface area contributed by atoms with Gasteiger partial charge in [-0.3, -0.25) is 9.36 Å². The largest absolute Gasteiger partial charge is 0.375 e. The summed E-state index contributed by atoms with van der Waals surface area (Å²) in [6, 6.07) is 14.0. The molecule has 28 heavy (non-hydrogen) atoms. The monoisotopic (exact) mass is 377 g/mol. The van der Waals surface area contributed by atoms with Crippen LogP contribution < -0.4 is 0 Å². The molecule has 7 heteroatoms. The van der Waals surface area contributed by atoms with Crippen molar-refractivity contribution in [2.24, 2.45) is 0 Å². The number of morpholine rings is 1. The number of aromatic nitrogens is 4. The zero-order valence-corrected chi connectivity index (χ0v) is 15.6. The molecule has 0 bridgehead atoms. The maximum Gasteiger partial charge on any atom is 0.254 e. The van der Waals surface area contributed by atoms with E-state index >= 15 is 0 Å². The highest BCUT2D eigenvalue weighted by atomic mass is 16.5. The third-order valence-electron chi connectivity index (χ3n) is 4.94. The second kappa shape index (κ2) is 8.75. The highest BCUT2D eigenvalue weighted by molar-refractivity contribution is 5.94. The smallest absolute Gasteiger partial charge is 0.254 e. The van der Waals surface area contributed by atoms with Gasteiger partial charge in [0.1, 0.15) is 18.5 Å². The molecule has 3 heterocycles. The van der Waals surface area contributed by atoms with Gasteiger partial charge in [-0.1, -0.05) is 30.3 Å². The van der Waals surface area contributed by atoms with Crippen molar-refractivity contribution in [1.82, 2.24) is 24.6 Å². The number of nitrogens with zero attached hydrogens (tertiary/aromatic N) is 5. The molecule has 1 aliphatic rings. The average molecular weight is 377 g/mol. The molecule has 0 aliphatic carbocycles. The van der Waals surface area contributed by atoms with Crippen molar-refractivity contribution in [3.05, 3.63) is 72.4 Å². The second-order valence-corrected chi connectivity index (χ2v) is 6.89. The number of aryl methyl sites for hydroxylation is 1. The maximum atomic E-state index is 13.0. The number of hydrogen-bond donors (Lipinski definition) is 0. The number of rotatable bonds is 6. The van der Waals surface area contributed by atoms with E-state index in [2.05, 4.69) is 39.4 Å². The lowest BCUT2D eigenvalue weighted by Crippen LogP contribution is -2.45. The van der Waals surface area contributed by atoms with Gasteiger partial charge in [-0.05, 0) is 37.0 Å². The summed E-state index contributed by atoms with van der Waals surface area (Å²) in [5.74, 6) is 0.636. The van der Waals surface area contributed by atoms with E-state index in [1.165, 1.54) is 5.56 Å². The van der Waals surface area contributed by atoms with Gasteiger partial charge in [0.25, 0.3) is 5.91 Å². The number of amides is 1. The van der Waals surface area contributed by atoms with Crippen LogP contribution in [0.5, 0.6) is 0 Å². The molecule has 1 fully saturated rings. The van der Waals surface area contributed by atoms with Crippen molar-refractivity contribution in [2.75, 3.05) is 19.7 Å². The fourth-order valence-electron chi connectivity index (χ4n) is 3.45. The Balaban J connectivity index is 1.35. The maximum absolute atomic E-state index is 13.0. The van der Waals surface area contributed by atoms with E-state index in [1.54, 1.807) is 35.6 Å². The Morgan fingerprint density at radius 1 is 1.14 bits per heavy atom. The number of pyridine rings is 1. The molecule has 0 N–H and O–H groups in total. The Hall–Kier alpha value is -3.06. The number of carbonyl (C=O) groups excluding carboxylic acids is 1. The Kier molecular flexibility index (Phi) is 5.72. The molecule has 0 saturated carbocycles. The standard InChI is InChI=1S/C21H23N5O2/c27-21(18-9-10-22-20(13-18)26-15-23-24-16-26)25-11-12-28-19(14-25)8-4-7-17-5-2-1-3-6-17/h1-3,5-6,9-10,13,15-16,19H,4,7-8,11-12,14H2/t19-/m0/s1. The SMILES string of the molecule is O=C(c1ccnc(-n2cnnc2)c1)N1CCO[C@@H](CCCc2ccccc2)C1. The van der Waals surface area contributed by atoms with Gasteiger partial charge in [0.2, 0.25) is 0 Å². The minimum atomic E-state index is 0.00749. The summed E-state index contributed by atoms with van der Waals surface area (Å²) < 4.78 is 7.57. The van der Waals surface area contributed by atoms with Crippen LogP contribution in [0.25, 0.3) is 5.82 Å². The van der Waals surface area contributed by atoms with Crippen molar-refractivity contribution in [3.63, 3.8) is 0 Å². The number of hydrogen-bond acceptors (Lipinski definition) is 5. The van der Waals surface area contributed by atoms with Crippen molar-refractivity contribution >= 4 is 5.91 Å². The van der Waals surface area contributed by atoms with E-state index < -0.39 is 0 Å². The Morgan fingerprint density at radius 3 is 2.79 bits per heavy atom. The minimum absolute atomic E-state index is 0.00749. The van der Waals surface area contributed by atoms with E-state index in [0.29, 0.717) is 31.1 Å². The molecule has 1 aliphatic heterocycles. The van der Waals surface area contributed by atoms with Crippen molar-refractivity contribution < 1.29 is 9.53 Å². The molecule has 1 amide bonds. The van der Waals surface area contributed by atoms with E-state index in [0.717, 1.165) is 19.3 Å². The van der Waals surface area contributed by atoms with Gasteiger partial charge >= 0.3 is 0 Å². The first kappa shape index (κ1) is 18.3. The topological polar surface area (TPSA) is 73.1 Å².